The molecule has 0 unspecified atom stereocenters. The fourth-order valence-corrected chi connectivity index (χ4v) is 2.31. The maximum atomic E-state index is 11.5. The van der Waals surface area contributed by atoms with Crippen molar-refractivity contribution in [3.8, 4) is 0 Å². The number of nitrogens with one attached hydrogen (secondary N) is 1. The van der Waals surface area contributed by atoms with Crippen LogP contribution in [-0.4, -0.2) is 18.6 Å². The van der Waals surface area contributed by atoms with Gasteiger partial charge in [0, 0.05) is 11.1 Å². The Morgan fingerprint density at radius 3 is 2.76 bits per heavy atom. The van der Waals surface area contributed by atoms with Crippen molar-refractivity contribution in [2.45, 2.75) is 6.92 Å². The van der Waals surface area contributed by atoms with Crippen LogP contribution >= 0.6 is 11.6 Å². The third-order valence-electron chi connectivity index (χ3n) is 2.25. The smallest absolute Gasteiger partial charge is 0.246 e. The molecule has 0 radical (unpaired) electrons. The second-order valence-electron chi connectivity index (χ2n) is 3.65. The number of hydrogen-bond donors (Lipinski definition) is 1. The van der Waals surface area contributed by atoms with Gasteiger partial charge in [-0.05, 0) is 19.1 Å². The van der Waals surface area contributed by atoms with E-state index in [1.54, 1.807) is 6.07 Å². The zero-order chi connectivity index (χ0) is 12.5. The van der Waals surface area contributed by atoms with Crippen LogP contribution in [0.15, 0.2) is 30.3 Å². The minimum Gasteiger partial charge on any atom is -0.282 e. The fourth-order valence-electron chi connectivity index (χ4n) is 1.59. The molecule has 1 aromatic heterocycles. The highest BCUT2D eigenvalue weighted by Gasteiger charge is 2.11. The van der Waals surface area contributed by atoms with Crippen LogP contribution in [0.5, 0.6) is 0 Å². The molecule has 90 valence electrons. The SMILES string of the molecule is Cc1cc(NS(=O)(=O)CCl)c2ccccc2n1. The largest absolute Gasteiger partial charge is 0.282 e. The molecule has 0 atom stereocenters. The van der Waals surface area contributed by atoms with Crippen LogP contribution in [0, 0.1) is 6.92 Å². The standard InChI is InChI=1S/C11H11ClN2O2S/c1-8-6-11(14-17(15,16)7-12)9-4-2-3-5-10(9)13-8/h2-6H,7H2,1H3,(H,13,14). The molecule has 0 saturated heterocycles. The number of anilines is 1. The Bertz CT molecular complexity index is 656. The first-order chi connectivity index (χ1) is 8.02. The summed E-state index contributed by atoms with van der Waals surface area (Å²) in [6, 6.07) is 9.02. The number of aromatic nitrogens is 1. The highest BCUT2D eigenvalue weighted by Crippen LogP contribution is 2.23. The van der Waals surface area contributed by atoms with Gasteiger partial charge in [0.1, 0.15) is 5.21 Å². The average Bonchev–Trinajstić information content (AvgIpc) is 2.28. The highest BCUT2D eigenvalue weighted by atomic mass is 35.5. The van der Waals surface area contributed by atoms with Crippen LogP contribution in [0.4, 0.5) is 5.69 Å². The molecule has 0 aliphatic carbocycles. The first-order valence-electron chi connectivity index (χ1n) is 4.95. The maximum absolute atomic E-state index is 11.5. The molecule has 0 saturated carbocycles. The average molecular weight is 271 g/mol. The number of sulfonamides is 1. The van der Waals surface area contributed by atoms with Crippen molar-refractivity contribution < 1.29 is 8.42 Å². The summed E-state index contributed by atoms with van der Waals surface area (Å²) in [5.41, 5.74) is 2.00. The zero-order valence-electron chi connectivity index (χ0n) is 9.14. The van der Waals surface area contributed by atoms with E-state index in [9.17, 15) is 8.42 Å². The van der Waals surface area contributed by atoms with Gasteiger partial charge in [0.05, 0.1) is 11.2 Å². The summed E-state index contributed by atoms with van der Waals surface area (Å²) >= 11 is 5.37. The van der Waals surface area contributed by atoms with Crippen molar-refractivity contribution in [3.05, 3.63) is 36.0 Å². The molecule has 0 aliphatic heterocycles. The number of nitrogens with zero attached hydrogens (tertiary/aromatic N) is 1. The van der Waals surface area contributed by atoms with E-state index < -0.39 is 15.2 Å². The summed E-state index contributed by atoms with van der Waals surface area (Å²) in [5.74, 6) is 0. The third kappa shape index (κ3) is 2.68. The van der Waals surface area contributed by atoms with Crippen LogP contribution in [0.2, 0.25) is 0 Å². The number of aryl methyl sites for hydroxylation is 1. The Kier molecular flexibility index (Phi) is 3.22. The van der Waals surface area contributed by atoms with Gasteiger partial charge in [0.2, 0.25) is 10.0 Å². The summed E-state index contributed by atoms with van der Waals surface area (Å²) in [5, 5.41) is 0.287. The van der Waals surface area contributed by atoms with Gasteiger partial charge < -0.3 is 0 Å². The molecule has 1 aromatic carbocycles. The fraction of sp³-hybridized carbons (Fsp3) is 0.182. The molecule has 0 amide bonds. The van der Waals surface area contributed by atoms with E-state index in [4.69, 9.17) is 11.6 Å². The molecule has 17 heavy (non-hydrogen) atoms. The van der Waals surface area contributed by atoms with E-state index in [1.807, 2.05) is 31.2 Å². The molecular weight excluding hydrogens is 260 g/mol. The summed E-state index contributed by atoms with van der Waals surface area (Å²) in [7, 11) is -3.49. The van der Waals surface area contributed by atoms with Crippen molar-refractivity contribution in [2.24, 2.45) is 0 Å². The quantitative estimate of drug-likeness (QED) is 0.872. The normalized spacial score (nSPS) is 11.6. The second-order valence-corrected chi connectivity index (χ2v) is 5.96. The summed E-state index contributed by atoms with van der Waals surface area (Å²) < 4.78 is 25.4. The molecule has 0 aliphatic rings. The monoisotopic (exact) mass is 270 g/mol. The molecular formula is C11H11ClN2O2S. The van der Waals surface area contributed by atoms with Gasteiger partial charge in [0.25, 0.3) is 0 Å². The van der Waals surface area contributed by atoms with Crippen molar-refractivity contribution in [2.75, 3.05) is 9.93 Å². The predicted molar refractivity (Wildman–Crippen MR) is 69.7 cm³/mol. The molecule has 1 heterocycles. The number of halogens is 1. The molecule has 0 fully saturated rings. The molecule has 2 aromatic rings. The first kappa shape index (κ1) is 12.1. The van der Waals surface area contributed by atoms with Gasteiger partial charge in [-0.15, -0.1) is 11.6 Å². The molecule has 0 spiro atoms. The van der Waals surface area contributed by atoms with Crippen molar-refractivity contribution >= 4 is 38.2 Å². The van der Waals surface area contributed by atoms with Crippen molar-refractivity contribution in [1.82, 2.24) is 4.98 Å². The van der Waals surface area contributed by atoms with Crippen LogP contribution in [0.1, 0.15) is 5.69 Å². The summed E-state index contributed by atoms with van der Waals surface area (Å²) in [4.78, 5) is 4.32. The molecule has 2 rings (SSSR count). The van der Waals surface area contributed by atoms with Gasteiger partial charge in [-0.2, -0.15) is 0 Å². The Balaban J connectivity index is 2.60. The van der Waals surface area contributed by atoms with Gasteiger partial charge in [-0.25, -0.2) is 8.42 Å². The molecule has 4 nitrogen and oxygen atoms in total. The van der Waals surface area contributed by atoms with Gasteiger partial charge in [-0.1, -0.05) is 18.2 Å². The number of alkyl halides is 1. The molecule has 1 N–H and O–H groups in total. The minimum absolute atomic E-state index is 0.470. The number of rotatable bonds is 3. The molecule has 0 bridgehead atoms. The summed E-state index contributed by atoms with van der Waals surface area (Å²) in [6.07, 6.45) is 0. The third-order valence-corrected chi connectivity index (χ3v) is 3.93. The number of fused-ring (bicyclic) bond motifs is 1. The van der Waals surface area contributed by atoms with E-state index in [1.165, 1.54) is 0 Å². The predicted octanol–water partition coefficient (Wildman–Crippen LogP) is 2.48. The van der Waals surface area contributed by atoms with Gasteiger partial charge in [0.15, 0.2) is 0 Å². The first-order valence-corrected chi connectivity index (χ1v) is 7.13. The Morgan fingerprint density at radius 2 is 2.06 bits per heavy atom. The van der Waals surface area contributed by atoms with Gasteiger partial charge in [-0.3, -0.25) is 9.71 Å². The lowest BCUT2D eigenvalue weighted by Crippen LogP contribution is -2.14. The lowest BCUT2D eigenvalue weighted by atomic mass is 10.2. The van der Waals surface area contributed by atoms with E-state index in [0.717, 1.165) is 16.6 Å². The second kappa shape index (κ2) is 4.50. The lowest BCUT2D eigenvalue weighted by Gasteiger charge is -2.09. The van der Waals surface area contributed by atoms with E-state index >= 15 is 0 Å². The number of hydrogen-bond acceptors (Lipinski definition) is 3. The van der Waals surface area contributed by atoms with E-state index in [0.29, 0.717) is 5.69 Å². The van der Waals surface area contributed by atoms with Crippen LogP contribution in [0.3, 0.4) is 0 Å². The Morgan fingerprint density at radius 1 is 1.35 bits per heavy atom. The van der Waals surface area contributed by atoms with Crippen molar-refractivity contribution in [3.63, 3.8) is 0 Å². The Labute approximate surface area is 105 Å². The maximum Gasteiger partial charge on any atom is 0.246 e. The molecule has 6 heteroatoms. The van der Waals surface area contributed by atoms with E-state index in [2.05, 4.69) is 9.71 Å². The van der Waals surface area contributed by atoms with E-state index in [-0.39, 0.29) is 0 Å². The van der Waals surface area contributed by atoms with Crippen LogP contribution in [-0.2, 0) is 10.0 Å². The van der Waals surface area contributed by atoms with Crippen molar-refractivity contribution in [1.29, 1.82) is 0 Å². The topological polar surface area (TPSA) is 59.1 Å². The van der Waals surface area contributed by atoms with Gasteiger partial charge >= 0.3 is 0 Å². The van der Waals surface area contributed by atoms with Crippen LogP contribution < -0.4 is 4.72 Å². The Hall–Kier alpha value is -1.33. The number of para-hydroxylation sites is 1. The highest BCUT2D eigenvalue weighted by molar-refractivity contribution is 7.93. The zero-order valence-corrected chi connectivity index (χ0v) is 10.7. The number of benzene rings is 1. The van der Waals surface area contributed by atoms with Crippen LogP contribution in [0.25, 0.3) is 10.9 Å². The lowest BCUT2D eigenvalue weighted by molar-refractivity contribution is 0.605. The number of pyridine rings is 1. The summed E-state index contributed by atoms with van der Waals surface area (Å²) in [6.45, 7) is 1.81. The minimum atomic E-state index is -3.49.